The van der Waals surface area contributed by atoms with E-state index in [0.29, 0.717) is 30.6 Å². The normalized spacial score (nSPS) is 16.4. The number of hydrogen-bond acceptors (Lipinski definition) is 12. The van der Waals surface area contributed by atoms with Crippen molar-refractivity contribution >= 4 is 66.9 Å². The fourth-order valence-electron chi connectivity index (χ4n) is 8.53. The van der Waals surface area contributed by atoms with E-state index in [1.165, 1.54) is 24.2 Å². The number of aromatic nitrogens is 4. The lowest BCUT2D eigenvalue weighted by molar-refractivity contribution is -0.116. The van der Waals surface area contributed by atoms with E-state index in [9.17, 15) is 36.0 Å². The molecule has 0 bridgehead atoms. The first-order valence-corrected chi connectivity index (χ1v) is 21.9. The van der Waals surface area contributed by atoms with E-state index in [1.807, 2.05) is 15.5 Å². The van der Waals surface area contributed by atoms with Gasteiger partial charge in [0.05, 0.1) is 24.8 Å². The molecule has 20 heteroatoms. The van der Waals surface area contributed by atoms with Gasteiger partial charge in [-0.05, 0) is 121 Å². The molecule has 2 aromatic carbocycles. The summed E-state index contributed by atoms with van der Waals surface area (Å²) in [6.45, 7) is 1.23. The van der Waals surface area contributed by atoms with Gasteiger partial charge in [-0.2, -0.15) is 16.8 Å². The number of nitrogens with zero attached hydrogens (tertiary/aromatic N) is 4. The molecule has 6 N–H and O–H groups in total. The van der Waals surface area contributed by atoms with Crippen LogP contribution in [0.3, 0.4) is 0 Å². The van der Waals surface area contributed by atoms with Gasteiger partial charge in [-0.15, -0.1) is 0 Å². The molecular weight excluding hydrogens is 789 g/mol. The van der Waals surface area contributed by atoms with Crippen molar-refractivity contribution in [2.45, 2.75) is 99.9 Å². The minimum atomic E-state index is -4.46. The summed E-state index contributed by atoms with van der Waals surface area (Å²) in [5, 5.41) is 9.51. The third-order valence-electron chi connectivity index (χ3n) is 10.9. The maximum Gasteiger partial charge on any atom is 0.333 e. The predicted octanol–water partition coefficient (Wildman–Crippen LogP) is 3.77. The Bertz CT molecular complexity index is 2590. The smallest absolute Gasteiger partial charge is 0.310 e. The van der Waals surface area contributed by atoms with Crippen molar-refractivity contribution in [1.82, 2.24) is 29.4 Å². The molecule has 6 amide bonds. The van der Waals surface area contributed by atoms with Crippen LogP contribution in [0.1, 0.15) is 89.5 Å². The fourth-order valence-corrected chi connectivity index (χ4v) is 10.1. The zero-order valence-electron chi connectivity index (χ0n) is 31.4. The second-order valence-corrected chi connectivity index (χ2v) is 18.1. The third kappa shape index (κ3) is 7.93. The van der Waals surface area contributed by atoms with Gasteiger partial charge in [-0.3, -0.25) is 14.6 Å². The molecule has 0 saturated carbocycles. The lowest BCUT2D eigenvalue weighted by Crippen LogP contribution is -2.35. The molecule has 302 valence electrons. The summed E-state index contributed by atoms with van der Waals surface area (Å²) in [7, 11) is -8.85. The number of hydrogen-bond donors (Lipinski definition) is 6. The number of carbonyl (C=O) groups excluding carboxylic acids is 4. The Morgan fingerprint density at radius 1 is 0.621 bits per heavy atom. The first kappa shape index (κ1) is 38.8. The van der Waals surface area contributed by atoms with Crippen LogP contribution in [0.15, 0.2) is 47.0 Å². The lowest BCUT2D eigenvalue weighted by Gasteiger charge is -2.18. The van der Waals surface area contributed by atoms with Gasteiger partial charge in [-0.1, -0.05) is 12.1 Å². The maximum atomic E-state index is 13.3. The van der Waals surface area contributed by atoms with Crippen LogP contribution in [-0.2, 0) is 74.6 Å². The quantitative estimate of drug-likeness (QED) is 0.134. The first-order chi connectivity index (χ1) is 27.7. The van der Waals surface area contributed by atoms with Crippen LogP contribution in [0.5, 0.6) is 0 Å². The second kappa shape index (κ2) is 15.4. The van der Waals surface area contributed by atoms with Crippen molar-refractivity contribution in [2.24, 2.45) is 0 Å². The molecule has 0 radical (unpaired) electrons. The van der Waals surface area contributed by atoms with E-state index in [2.05, 4.69) is 47.3 Å². The number of aryl methyl sites for hydroxylation is 3. The topological polar surface area (TPSA) is 260 Å². The van der Waals surface area contributed by atoms with E-state index >= 15 is 0 Å². The average molecular weight is 829 g/mol. The standard InChI is InChI=1S/C38H40N10O8S2/c1-20(49)42-31-16-39-18-34(44-31)58(55,56)48-38(52)46-36-27-10-4-7-23(27)14-29-24(11-12-28(29)36)15-32(50)43-30-17-41-33(19-40-30)57(53,54)47-37(51)45-35-25-8-2-5-21(25)13-22-6-3-9-26(22)35/h13-14,16-19,24H,2-12,15H2,1H3,(H,40,43,50)(H,42,44,49)(H2,45,47,51)(H2,46,48,52). The molecule has 1 unspecified atom stereocenters. The number of sulfonamides is 2. The van der Waals surface area contributed by atoms with E-state index in [-0.39, 0.29) is 24.0 Å². The van der Waals surface area contributed by atoms with Gasteiger partial charge >= 0.3 is 12.1 Å². The summed E-state index contributed by atoms with van der Waals surface area (Å²) in [5.41, 5.74) is 9.32. The Morgan fingerprint density at radius 2 is 1.21 bits per heavy atom. The number of carbonyl (C=O) groups is 4. The van der Waals surface area contributed by atoms with Gasteiger partial charge in [-0.25, -0.2) is 34.0 Å². The van der Waals surface area contributed by atoms with Crippen molar-refractivity contribution in [1.29, 1.82) is 0 Å². The number of fused-ring (bicyclic) bond motifs is 4. The van der Waals surface area contributed by atoms with Gasteiger partial charge in [0.25, 0.3) is 20.0 Å². The molecule has 0 spiro atoms. The van der Waals surface area contributed by atoms with Crippen molar-refractivity contribution in [2.75, 3.05) is 21.3 Å². The Labute approximate surface area is 333 Å². The van der Waals surface area contributed by atoms with Crippen molar-refractivity contribution in [3.05, 3.63) is 81.4 Å². The van der Waals surface area contributed by atoms with Gasteiger partial charge in [0, 0.05) is 24.7 Å². The van der Waals surface area contributed by atoms with Crippen LogP contribution in [0.4, 0.5) is 32.6 Å². The molecule has 0 saturated heterocycles. The molecule has 0 aliphatic heterocycles. The highest BCUT2D eigenvalue weighted by Crippen LogP contribution is 2.45. The highest BCUT2D eigenvalue weighted by Gasteiger charge is 2.33. The molecule has 0 fully saturated rings. The Morgan fingerprint density at radius 3 is 1.79 bits per heavy atom. The fraction of sp³-hybridized carbons (Fsp3) is 0.368. The Balaban J connectivity index is 0.903. The molecule has 8 rings (SSSR count). The predicted molar refractivity (Wildman–Crippen MR) is 210 cm³/mol. The number of amides is 6. The summed E-state index contributed by atoms with van der Waals surface area (Å²) in [6.07, 6.45) is 13.1. The molecule has 4 aliphatic rings. The summed E-state index contributed by atoms with van der Waals surface area (Å²) in [5.74, 6) is -1.18. The largest absolute Gasteiger partial charge is 0.333 e. The number of urea groups is 2. The average Bonchev–Trinajstić information content (AvgIpc) is 3.99. The molecular formula is C38H40N10O8S2. The minimum Gasteiger partial charge on any atom is -0.310 e. The van der Waals surface area contributed by atoms with E-state index in [4.69, 9.17) is 0 Å². The van der Waals surface area contributed by atoms with Gasteiger partial charge in [0.2, 0.25) is 11.8 Å². The SMILES string of the molecule is CC(=O)Nc1cncc(S(=O)(=O)NC(=O)Nc2c3c(cc4c2CCC4CC(=O)Nc2cnc(S(=O)(=O)NC(=O)Nc4c5c(cc6c4CCC6)CCC5)cn2)CCC3)n1. The molecule has 2 heterocycles. The third-order valence-corrected chi connectivity index (χ3v) is 13.3. The van der Waals surface area contributed by atoms with Crippen molar-refractivity contribution in [3.8, 4) is 0 Å². The number of rotatable bonds is 10. The number of anilines is 4. The zero-order valence-corrected chi connectivity index (χ0v) is 33.0. The molecule has 2 aromatic heterocycles. The number of nitrogens with one attached hydrogen (secondary N) is 6. The Kier molecular flexibility index (Phi) is 10.3. The van der Waals surface area contributed by atoms with E-state index in [1.54, 1.807) is 0 Å². The van der Waals surface area contributed by atoms with Gasteiger partial charge in [0.15, 0.2) is 21.7 Å². The molecule has 1 atom stereocenters. The summed E-state index contributed by atoms with van der Waals surface area (Å²) < 4.78 is 56.2. The summed E-state index contributed by atoms with van der Waals surface area (Å²) in [4.78, 5) is 66.5. The van der Waals surface area contributed by atoms with Crippen LogP contribution >= 0.6 is 0 Å². The monoisotopic (exact) mass is 828 g/mol. The zero-order chi connectivity index (χ0) is 40.8. The van der Waals surface area contributed by atoms with Crippen LogP contribution in [-0.4, -0.2) is 60.6 Å². The number of benzene rings is 2. The highest BCUT2D eigenvalue weighted by atomic mass is 32.2. The van der Waals surface area contributed by atoms with Crippen LogP contribution in [0.25, 0.3) is 0 Å². The van der Waals surface area contributed by atoms with E-state index < -0.39 is 54.0 Å². The summed E-state index contributed by atoms with van der Waals surface area (Å²) >= 11 is 0. The molecule has 58 heavy (non-hydrogen) atoms. The molecule has 18 nitrogen and oxygen atoms in total. The van der Waals surface area contributed by atoms with Crippen LogP contribution in [0, 0.1) is 0 Å². The van der Waals surface area contributed by atoms with Crippen LogP contribution < -0.4 is 30.7 Å². The van der Waals surface area contributed by atoms with Crippen LogP contribution in [0.2, 0.25) is 0 Å². The first-order valence-electron chi connectivity index (χ1n) is 19.0. The molecule has 4 aromatic rings. The lowest BCUT2D eigenvalue weighted by atomic mass is 9.93. The Hall–Kier alpha value is -6.02. The van der Waals surface area contributed by atoms with Gasteiger partial charge < -0.3 is 21.3 Å². The van der Waals surface area contributed by atoms with E-state index in [0.717, 1.165) is 103 Å². The van der Waals surface area contributed by atoms with Crippen molar-refractivity contribution in [3.63, 3.8) is 0 Å². The summed E-state index contributed by atoms with van der Waals surface area (Å²) in [6, 6.07) is 2.37. The molecule has 4 aliphatic carbocycles. The minimum absolute atomic E-state index is 0.0172. The highest BCUT2D eigenvalue weighted by molar-refractivity contribution is 7.90. The second-order valence-electron chi connectivity index (χ2n) is 14.8. The van der Waals surface area contributed by atoms with Gasteiger partial charge in [0.1, 0.15) is 0 Å². The maximum absolute atomic E-state index is 13.3. The van der Waals surface area contributed by atoms with Crippen molar-refractivity contribution < 1.29 is 36.0 Å².